The van der Waals surface area contributed by atoms with Gasteiger partial charge in [0.05, 0.1) is 6.54 Å². The van der Waals surface area contributed by atoms with Crippen LogP contribution in [0.1, 0.15) is 5.56 Å². The molecule has 1 aliphatic rings. The molecule has 1 aliphatic heterocycles. The molecule has 0 amide bonds. The third-order valence-electron chi connectivity index (χ3n) is 3.03. The highest BCUT2D eigenvalue weighted by Gasteiger charge is 2.29. The predicted molar refractivity (Wildman–Crippen MR) is 62.0 cm³/mol. The minimum absolute atomic E-state index is 0.321. The van der Waals surface area contributed by atoms with Crippen molar-refractivity contribution < 1.29 is 5.03 Å². The number of anilines is 1. The predicted octanol–water partition coefficient (Wildman–Crippen LogP) is 2.39. The Hall–Kier alpha value is -2.10. The molecular formula is C12H10N2O2. The first-order valence-corrected chi connectivity index (χ1v) is 5.20. The van der Waals surface area contributed by atoms with Gasteiger partial charge in [0.25, 0.3) is 0 Å². The SMILES string of the molecule is O=[N+]([O-])N1CCc2ccc3ccccc3c21. The van der Waals surface area contributed by atoms with Gasteiger partial charge in [-0.2, -0.15) is 0 Å². The van der Waals surface area contributed by atoms with Crippen molar-refractivity contribution in [2.45, 2.75) is 6.42 Å². The van der Waals surface area contributed by atoms with Crippen LogP contribution in [0.5, 0.6) is 0 Å². The lowest BCUT2D eigenvalue weighted by Gasteiger charge is -2.10. The van der Waals surface area contributed by atoms with E-state index in [0.29, 0.717) is 6.54 Å². The number of hydrogen-bond donors (Lipinski definition) is 0. The Morgan fingerprint density at radius 3 is 2.81 bits per heavy atom. The van der Waals surface area contributed by atoms with Crippen molar-refractivity contribution in [3.8, 4) is 0 Å². The lowest BCUT2D eigenvalue weighted by Crippen LogP contribution is -2.27. The molecule has 0 aromatic heterocycles. The van der Waals surface area contributed by atoms with Gasteiger partial charge in [0.2, 0.25) is 0 Å². The fourth-order valence-electron chi connectivity index (χ4n) is 2.31. The molecular weight excluding hydrogens is 204 g/mol. The average molecular weight is 214 g/mol. The van der Waals surface area contributed by atoms with Crippen molar-refractivity contribution in [3.05, 3.63) is 52.1 Å². The fraction of sp³-hybridized carbons (Fsp3) is 0.167. The summed E-state index contributed by atoms with van der Waals surface area (Å²) in [5, 5.41) is 13.9. The summed E-state index contributed by atoms with van der Waals surface area (Å²) in [4.78, 5) is 10.9. The Morgan fingerprint density at radius 2 is 2.00 bits per heavy atom. The van der Waals surface area contributed by atoms with Crippen molar-refractivity contribution in [2.75, 3.05) is 11.6 Å². The monoisotopic (exact) mass is 214 g/mol. The van der Waals surface area contributed by atoms with E-state index in [9.17, 15) is 10.1 Å². The molecule has 80 valence electrons. The number of fused-ring (bicyclic) bond motifs is 3. The maximum absolute atomic E-state index is 10.9. The lowest BCUT2D eigenvalue weighted by molar-refractivity contribution is -0.493. The second-order valence-electron chi connectivity index (χ2n) is 3.91. The zero-order valence-corrected chi connectivity index (χ0v) is 8.59. The van der Waals surface area contributed by atoms with Crippen LogP contribution in [0.25, 0.3) is 10.8 Å². The van der Waals surface area contributed by atoms with Crippen LogP contribution in [0.2, 0.25) is 0 Å². The molecule has 0 atom stereocenters. The molecule has 16 heavy (non-hydrogen) atoms. The van der Waals surface area contributed by atoms with E-state index in [4.69, 9.17) is 0 Å². The quantitative estimate of drug-likeness (QED) is 0.541. The molecule has 0 aliphatic carbocycles. The molecule has 0 fully saturated rings. The van der Waals surface area contributed by atoms with Crippen molar-refractivity contribution >= 4 is 16.5 Å². The number of rotatable bonds is 1. The first-order valence-electron chi connectivity index (χ1n) is 5.20. The van der Waals surface area contributed by atoms with Crippen LogP contribution < -0.4 is 5.01 Å². The molecule has 0 N–H and O–H groups in total. The van der Waals surface area contributed by atoms with E-state index in [2.05, 4.69) is 0 Å². The van der Waals surface area contributed by atoms with Gasteiger partial charge in [0.15, 0.2) is 5.03 Å². The van der Waals surface area contributed by atoms with Gasteiger partial charge in [-0.15, -0.1) is 0 Å². The smallest absolute Gasteiger partial charge is 0.165 e. The molecule has 4 nitrogen and oxygen atoms in total. The van der Waals surface area contributed by atoms with Crippen LogP contribution >= 0.6 is 0 Å². The second-order valence-corrected chi connectivity index (χ2v) is 3.91. The molecule has 0 radical (unpaired) electrons. The van der Waals surface area contributed by atoms with Gasteiger partial charge in [0.1, 0.15) is 5.69 Å². The van der Waals surface area contributed by atoms with E-state index in [1.807, 2.05) is 36.4 Å². The van der Waals surface area contributed by atoms with E-state index in [-0.39, 0.29) is 5.03 Å². The van der Waals surface area contributed by atoms with Gasteiger partial charge in [-0.3, -0.25) is 0 Å². The van der Waals surface area contributed by atoms with E-state index in [1.165, 1.54) is 5.01 Å². The molecule has 0 saturated carbocycles. The average Bonchev–Trinajstić information content (AvgIpc) is 2.73. The van der Waals surface area contributed by atoms with Crippen LogP contribution in [-0.4, -0.2) is 11.6 Å². The zero-order chi connectivity index (χ0) is 11.1. The molecule has 0 bridgehead atoms. The third-order valence-corrected chi connectivity index (χ3v) is 3.03. The molecule has 2 aromatic rings. The molecule has 0 unspecified atom stereocenters. The van der Waals surface area contributed by atoms with Gasteiger partial charge in [-0.1, -0.05) is 41.4 Å². The van der Waals surface area contributed by atoms with E-state index < -0.39 is 0 Å². The van der Waals surface area contributed by atoms with Crippen molar-refractivity contribution in [1.82, 2.24) is 0 Å². The van der Waals surface area contributed by atoms with Gasteiger partial charge in [-0.25, -0.2) is 10.1 Å². The number of hydrogen-bond acceptors (Lipinski definition) is 2. The Labute approximate surface area is 92.2 Å². The van der Waals surface area contributed by atoms with Crippen LogP contribution in [0.4, 0.5) is 5.69 Å². The highest BCUT2D eigenvalue weighted by molar-refractivity contribution is 5.96. The lowest BCUT2D eigenvalue weighted by atomic mass is 10.0. The topological polar surface area (TPSA) is 46.4 Å². The minimum Gasteiger partial charge on any atom is -0.234 e. The molecule has 2 aromatic carbocycles. The van der Waals surface area contributed by atoms with Crippen LogP contribution in [0, 0.1) is 10.1 Å². The number of hydrazine groups is 1. The summed E-state index contributed by atoms with van der Waals surface area (Å²) in [6.45, 7) is 0.469. The largest absolute Gasteiger partial charge is 0.234 e. The summed E-state index contributed by atoms with van der Waals surface area (Å²) >= 11 is 0. The van der Waals surface area contributed by atoms with Crippen molar-refractivity contribution in [2.24, 2.45) is 0 Å². The number of nitrogens with zero attached hydrogens (tertiary/aromatic N) is 2. The molecule has 0 saturated heterocycles. The van der Waals surface area contributed by atoms with E-state index in [1.54, 1.807) is 0 Å². The third kappa shape index (κ3) is 1.16. The van der Waals surface area contributed by atoms with Crippen LogP contribution in [0.3, 0.4) is 0 Å². The van der Waals surface area contributed by atoms with Crippen molar-refractivity contribution in [3.63, 3.8) is 0 Å². The number of nitro groups is 1. The Morgan fingerprint density at radius 1 is 1.19 bits per heavy atom. The van der Waals surface area contributed by atoms with Gasteiger partial charge >= 0.3 is 0 Å². The van der Waals surface area contributed by atoms with Gasteiger partial charge in [-0.05, 0) is 17.4 Å². The van der Waals surface area contributed by atoms with E-state index >= 15 is 0 Å². The summed E-state index contributed by atoms with van der Waals surface area (Å²) in [6.07, 6.45) is 0.751. The Kier molecular flexibility index (Phi) is 1.83. The standard InChI is InChI=1S/C12H10N2O2/c15-14(16)13-8-7-10-6-5-9-3-1-2-4-11(9)12(10)13/h1-6H,7-8H2. The molecule has 1 heterocycles. The maximum atomic E-state index is 10.9. The molecule has 3 rings (SSSR count). The molecule has 0 spiro atoms. The van der Waals surface area contributed by atoms with Crippen LogP contribution in [0.15, 0.2) is 36.4 Å². The Bertz CT molecular complexity index is 580. The minimum atomic E-state index is -0.321. The van der Waals surface area contributed by atoms with Gasteiger partial charge < -0.3 is 0 Å². The summed E-state index contributed by atoms with van der Waals surface area (Å²) in [5.74, 6) is 0. The highest BCUT2D eigenvalue weighted by Crippen LogP contribution is 2.35. The Balaban J connectivity index is 2.33. The summed E-state index contributed by atoms with van der Waals surface area (Å²) in [7, 11) is 0. The maximum Gasteiger partial charge on any atom is 0.165 e. The first-order chi connectivity index (χ1) is 7.77. The first kappa shape index (κ1) is 9.15. The summed E-state index contributed by atoms with van der Waals surface area (Å²) < 4.78 is 0. The zero-order valence-electron chi connectivity index (χ0n) is 8.59. The highest BCUT2D eigenvalue weighted by atomic mass is 16.7. The normalized spacial score (nSPS) is 14.1. The van der Waals surface area contributed by atoms with Crippen LogP contribution in [-0.2, 0) is 6.42 Å². The number of benzene rings is 2. The summed E-state index contributed by atoms with van der Waals surface area (Å²) in [6, 6.07) is 11.8. The second kappa shape index (κ2) is 3.20. The summed E-state index contributed by atoms with van der Waals surface area (Å²) in [5.41, 5.74) is 1.83. The van der Waals surface area contributed by atoms with E-state index in [0.717, 1.165) is 28.4 Å². The fourth-order valence-corrected chi connectivity index (χ4v) is 2.31. The molecule has 4 heteroatoms. The van der Waals surface area contributed by atoms with Gasteiger partial charge in [0, 0.05) is 5.39 Å². The van der Waals surface area contributed by atoms with Crippen molar-refractivity contribution in [1.29, 1.82) is 0 Å².